The lowest BCUT2D eigenvalue weighted by Gasteiger charge is -2.11. The van der Waals surface area contributed by atoms with Gasteiger partial charge in [0.25, 0.3) is 5.91 Å². The van der Waals surface area contributed by atoms with Crippen molar-refractivity contribution in [2.24, 2.45) is 0 Å². The summed E-state index contributed by atoms with van der Waals surface area (Å²) >= 11 is 11.9. The van der Waals surface area contributed by atoms with Crippen molar-refractivity contribution in [2.75, 3.05) is 12.4 Å². The van der Waals surface area contributed by atoms with Gasteiger partial charge in [-0.15, -0.1) is 0 Å². The molecule has 8 nitrogen and oxygen atoms in total. The van der Waals surface area contributed by atoms with Gasteiger partial charge in [0.1, 0.15) is 10.8 Å². The molecule has 1 heterocycles. The molecule has 2 aromatic carbocycles. The van der Waals surface area contributed by atoms with Crippen molar-refractivity contribution in [3.63, 3.8) is 0 Å². The van der Waals surface area contributed by atoms with Gasteiger partial charge in [-0.3, -0.25) is 14.9 Å². The van der Waals surface area contributed by atoms with Gasteiger partial charge in [-0.25, -0.2) is 4.98 Å². The molecule has 13 heteroatoms. The Hall–Kier alpha value is -3.57. The van der Waals surface area contributed by atoms with Crippen LogP contribution in [0.25, 0.3) is 0 Å². The van der Waals surface area contributed by atoms with Crippen LogP contribution in [0.5, 0.6) is 17.4 Å². The SMILES string of the molecule is COc1cc(Cl)c(C(=O)Nc2ccc(Oc3ncc(C(F)(F)F)cc3Cl)cc2)cc1[N+](=O)[O-]. The van der Waals surface area contributed by atoms with Crippen molar-refractivity contribution >= 4 is 40.5 Å². The molecule has 0 spiro atoms. The highest BCUT2D eigenvalue weighted by Crippen LogP contribution is 2.35. The Morgan fingerprint density at radius 1 is 1.12 bits per heavy atom. The summed E-state index contributed by atoms with van der Waals surface area (Å²) in [6.07, 6.45) is -4.00. The molecule has 1 amide bonds. The van der Waals surface area contributed by atoms with Gasteiger partial charge in [-0.2, -0.15) is 13.2 Å². The predicted molar refractivity (Wildman–Crippen MR) is 113 cm³/mol. The number of amides is 1. The molecule has 0 fully saturated rings. The van der Waals surface area contributed by atoms with Crippen LogP contribution >= 0.6 is 23.2 Å². The van der Waals surface area contributed by atoms with Gasteiger partial charge in [0.05, 0.1) is 28.2 Å². The van der Waals surface area contributed by atoms with Crippen molar-refractivity contribution in [2.45, 2.75) is 6.18 Å². The number of aromatic nitrogens is 1. The number of hydrogen-bond acceptors (Lipinski definition) is 6. The monoisotopic (exact) mass is 501 g/mol. The van der Waals surface area contributed by atoms with Crippen LogP contribution in [0.3, 0.4) is 0 Å². The summed E-state index contributed by atoms with van der Waals surface area (Å²) in [5.74, 6) is -0.871. The first kappa shape index (κ1) is 24.1. The van der Waals surface area contributed by atoms with E-state index in [-0.39, 0.29) is 38.7 Å². The Morgan fingerprint density at radius 2 is 1.79 bits per heavy atom. The molecule has 1 N–H and O–H groups in total. The summed E-state index contributed by atoms with van der Waals surface area (Å²) in [6.45, 7) is 0. The molecule has 33 heavy (non-hydrogen) atoms. The summed E-state index contributed by atoms with van der Waals surface area (Å²) in [4.78, 5) is 26.6. The van der Waals surface area contributed by atoms with E-state index in [9.17, 15) is 28.1 Å². The quantitative estimate of drug-likeness (QED) is 0.311. The van der Waals surface area contributed by atoms with Crippen LogP contribution < -0.4 is 14.8 Å². The first-order chi connectivity index (χ1) is 15.5. The fraction of sp³-hybridized carbons (Fsp3) is 0.100. The van der Waals surface area contributed by atoms with E-state index in [1.807, 2.05) is 0 Å². The van der Waals surface area contributed by atoms with Crippen LogP contribution in [-0.4, -0.2) is 22.9 Å². The summed E-state index contributed by atoms with van der Waals surface area (Å²) in [6, 6.07) is 8.51. The third-order valence-electron chi connectivity index (χ3n) is 4.17. The summed E-state index contributed by atoms with van der Waals surface area (Å²) in [7, 11) is 1.23. The van der Waals surface area contributed by atoms with Crippen LogP contribution in [0.2, 0.25) is 10.0 Å². The number of pyridine rings is 1. The Kier molecular flexibility index (Phi) is 6.94. The van der Waals surface area contributed by atoms with Crippen LogP contribution in [0.4, 0.5) is 24.5 Å². The Balaban J connectivity index is 1.74. The molecule has 0 aliphatic heterocycles. The van der Waals surface area contributed by atoms with Gasteiger partial charge in [0, 0.05) is 24.0 Å². The maximum atomic E-state index is 12.7. The van der Waals surface area contributed by atoms with Crippen molar-refractivity contribution in [1.82, 2.24) is 4.98 Å². The lowest BCUT2D eigenvalue weighted by Crippen LogP contribution is -2.13. The number of nitrogens with zero attached hydrogens (tertiary/aromatic N) is 2. The third kappa shape index (κ3) is 5.62. The molecule has 0 unspecified atom stereocenters. The van der Waals surface area contributed by atoms with E-state index >= 15 is 0 Å². The lowest BCUT2D eigenvalue weighted by molar-refractivity contribution is -0.385. The number of rotatable bonds is 6. The zero-order chi connectivity index (χ0) is 24.3. The highest BCUT2D eigenvalue weighted by Gasteiger charge is 2.31. The standard InChI is InChI=1S/C20H12Cl2F3N3O5/c1-32-17-8-14(21)13(7-16(17)28(30)31)18(29)27-11-2-4-12(5-3-11)33-19-15(22)6-10(9-26-19)20(23,24)25/h2-9H,1H3,(H,27,29). The number of hydrogen-bond donors (Lipinski definition) is 1. The fourth-order valence-corrected chi connectivity index (χ4v) is 3.04. The van der Waals surface area contributed by atoms with Gasteiger partial charge in [0.2, 0.25) is 5.88 Å². The van der Waals surface area contributed by atoms with Gasteiger partial charge in [-0.1, -0.05) is 23.2 Å². The normalized spacial score (nSPS) is 11.1. The summed E-state index contributed by atoms with van der Waals surface area (Å²) in [5, 5.41) is 13.3. The molecule has 0 aliphatic rings. The van der Waals surface area contributed by atoms with Crippen molar-refractivity contribution in [3.8, 4) is 17.4 Å². The second-order valence-electron chi connectivity index (χ2n) is 6.35. The summed E-state index contributed by atoms with van der Waals surface area (Å²) < 4.78 is 48.4. The van der Waals surface area contributed by atoms with Crippen molar-refractivity contribution in [3.05, 3.63) is 79.9 Å². The predicted octanol–water partition coefficient (Wildman–Crippen LogP) is 6.37. The number of carbonyl (C=O) groups excluding carboxylic acids is 1. The number of benzene rings is 2. The fourth-order valence-electron chi connectivity index (χ4n) is 2.60. The van der Waals surface area contributed by atoms with E-state index in [2.05, 4.69) is 10.3 Å². The molecule has 0 bridgehead atoms. The first-order valence-corrected chi connectivity index (χ1v) is 9.59. The molecule has 0 atom stereocenters. The van der Waals surface area contributed by atoms with E-state index in [0.29, 0.717) is 12.3 Å². The average molecular weight is 502 g/mol. The number of ether oxygens (including phenoxy) is 2. The molecule has 0 radical (unpaired) electrons. The van der Waals surface area contributed by atoms with Crippen LogP contribution in [0.1, 0.15) is 15.9 Å². The first-order valence-electron chi connectivity index (χ1n) is 8.83. The number of nitro benzene ring substituents is 1. The Labute approximate surface area is 194 Å². The molecule has 0 aliphatic carbocycles. The second kappa shape index (κ2) is 9.51. The molecule has 0 saturated heterocycles. The molecule has 172 valence electrons. The number of halogens is 5. The maximum absolute atomic E-state index is 12.7. The number of carbonyl (C=O) groups is 1. The van der Waals surface area contributed by atoms with Crippen molar-refractivity contribution < 1.29 is 32.4 Å². The van der Waals surface area contributed by atoms with Crippen LogP contribution in [-0.2, 0) is 6.18 Å². The molecule has 1 aromatic heterocycles. The minimum Gasteiger partial charge on any atom is -0.490 e. The zero-order valence-corrected chi connectivity index (χ0v) is 18.0. The van der Waals surface area contributed by atoms with E-state index in [1.165, 1.54) is 31.4 Å². The number of nitro groups is 1. The van der Waals surface area contributed by atoms with Gasteiger partial charge >= 0.3 is 11.9 Å². The van der Waals surface area contributed by atoms with Crippen LogP contribution in [0.15, 0.2) is 48.7 Å². The van der Waals surface area contributed by atoms with Gasteiger partial charge in [0.15, 0.2) is 5.75 Å². The Morgan fingerprint density at radius 3 is 2.33 bits per heavy atom. The topological polar surface area (TPSA) is 104 Å². The number of anilines is 1. The average Bonchev–Trinajstić information content (AvgIpc) is 2.75. The molecular formula is C20H12Cl2F3N3O5. The summed E-state index contributed by atoms with van der Waals surface area (Å²) in [5.41, 5.74) is -1.31. The lowest BCUT2D eigenvalue weighted by atomic mass is 10.1. The highest BCUT2D eigenvalue weighted by atomic mass is 35.5. The molecule has 3 rings (SSSR count). The minimum absolute atomic E-state index is 0.0575. The van der Waals surface area contributed by atoms with Gasteiger partial charge in [-0.05, 0) is 30.3 Å². The second-order valence-corrected chi connectivity index (χ2v) is 7.16. The van der Waals surface area contributed by atoms with E-state index < -0.39 is 28.3 Å². The molecular weight excluding hydrogens is 490 g/mol. The molecule has 3 aromatic rings. The maximum Gasteiger partial charge on any atom is 0.417 e. The van der Waals surface area contributed by atoms with E-state index in [0.717, 1.165) is 12.1 Å². The Bertz CT molecular complexity index is 1220. The number of nitrogens with one attached hydrogen (secondary N) is 1. The van der Waals surface area contributed by atoms with Crippen LogP contribution in [0, 0.1) is 10.1 Å². The minimum atomic E-state index is -4.60. The highest BCUT2D eigenvalue weighted by molar-refractivity contribution is 6.34. The third-order valence-corrected chi connectivity index (χ3v) is 4.75. The van der Waals surface area contributed by atoms with Gasteiger partial charge < -0.3 is 14.8 Å². The molecule has 0 saturated carbocycles. The largest absolute Gasteiger partial charge is 0.490 e. The van der Waals surface area contributed by atoms with Crippen molar-refractivity contribution in [1.29, 1.82) is 0 Å². The number of alkyl halides is 3. The van der Waals surface area contributed by atoms with E-state index in [4.69, 9.17) is 32.7 Å². The zero-order valence-electron chi connectivity index (χ0n) is 16.4. The smallest absolute Gasteiger partial charge is 0.417 e. The number of methoxy groups -OCH3 is 1. The van der Waals surface area contributed by atoms with E-state index in [1.54, 1.807) is 0 Å².